The van der Waals surface area contributed by atoms with Crippen molar-refractivity contribution >= 4 is 12.1 Å². The molecule has 0 atom stereocenters. The molecule has 0 fully saturated rings. The highest BCUT2D eigenvalue weighted by Crippen LogP contribution is 2.27. The monoisotopic (exact) mass is 418 g/mol. The lowest BCUT2D eigenvalue weighted by atomic mass is 10.0. The van der Waals surface area contributed by atoms with Gasteiger partial charge in [0.05, 0.1) is 18.5 Å². The van der Waals surface area contributed by atoms with E-state index in [2.05, 4.69) is 47.7 Å². The molecule has 0 aliphatic heterocycles. The summed E-state index contributed by atoms with van der Waals surface area (Å²) < 4.78 is 7.71. The molecule has 162 valence electrons. The maximum absolute atomic E-state index is 12.2. The van der Waals surface area contributed by atoms with Crippen LogP contribution in [0.25, 0.3) is 0 Å². The van der Waals surface area contributed by atoms with Gasteiger partial charge < -0.3 is 4.74 Å². The molecule has 0 saturated heterocycles. The molecular formula is C25H30N4O2. The zero-order chi connectivity index (χ0) is 22.4. The van der Waals surface area contributed by atoms with Gasteiger partial charge in [-0.1, -0.05) is 56.3 Å². The molecule has 0 radical (unpaired) electrons. The van der Waals surface area contributed by atoms with E-state index in [1.807, 2.05) is 55.8 Å². The summed E-state index contributed by atoms with van der Waals surface area (Å²) in [5.41, 5.74) is 8.67. The third kappa shape index (κ3) is 5.81. The standard InChI is InChI=1S/C25H30N4O2/c1-17(2)22-12-11-18(3)13-24(22)31-16-25(30)27-26-14-23-19(4)28-29(20(23)5)15-21-9-7-6-8-10-21/h6-14,17H,15-16H2,1-5H3,(H,27,30)/b26-14+. The van der Waals surface area contributed by atoms with E-state index in [9.17, 15) is 4.79 Å². The number of benzene rings is 2. The topological polar surface area (TPSA) is 68.5 Å². The molecule has 31 heavy (non-hydrogen) atoms. The summed E-state index contributed by atoms with van der Waals surface area (Å²) in [6.45, 7) is 10.7. The van der Waals surface area contributed by atoms with Crippen LogP contribution in [0.4, 0.5) is 0 Å². The Morgan fingerprint density at radius 3 is 2.61 bits per heavy atom. The minimum atomic E-state index is -0.306. The maximum atomic E-state index is 12.2. The molecule has 0 aliphatic rings. The Balaban J connectivity index is 1.60. The van der Waals surface area contributed by atoms with E-state index < -0.39 is 0 Å². The Hall–Kier alpha value is -3.41. The van der Waals surface area contributed by atoms with Gasteiger partial charge in [0.15, 0.2) is 6.61 Å². The molecule has 1 amide bonds. The fourth-order valence-electron chi connectivity index (χ4n) is 3.40. The predicted molar refractivity (Wildman–Crippen MR) is 124 cm³/mol. The second kappa shape index (κ2) is 10.1. The van der Waals surface area contributed by atoms with Gasteiger partial charge in [-0.15, -0.1) is 0 Å². The third-order valence-electron chi connectivity index (χ3n) is 5.15. The van der Waals surface area contributed by atoms with Crippen molar-refractivity contribution in [2.75, 3.05) is 6.61 Å². The Bertz CT molecular complexity index is 1070. The van der Waals surface area contributed by atoms with E-state index in [1.165, 1.54) is 5.56 Å². The Morgan fingerprint density at radius 1 is 1.16 bits per heavy atom. The zero-order valence-corrected chi connectivity index (χ0v) is 18.8. The smallest absolute Gasteiger partial charge is 0.277 e. The highest BCUT2D eigenvalue weighted by Gasteiger charge is 2.12. The van der Waals surface area contributed by atoms with Gasteiger partial charge in [0, 0.05) is 11.3 Å². The molecule has 1 heterocycles. The average Bonchev–Trinajstić information content (AvgIpc) is 3.00. The molecule has 2 aromatic carbocycles. The van der Waals surface area contributed by atoms with Crippen molar-refractivity contribution in [3.05, 3.63) is 82.2 Å². The molecule has 3 rings (SSSR count). The van der Waals surface area contributed by atoms with Crippen molar-refractivity contribution < 1.29 is 9.53 Å². The van der Waals surface area contributed by atoms with Crippen molar-refractivity contribution in [1.82, 2.24) is 15.2 Å². The zero-order valence-electron chi connectivity index (χ0n) is 18.8. The highest BCUT2D eigenvalue weighted by molar-refractivity contribution is 5.84. The number of hydrazone groups is 1. The molecule has 0 bridgehead atoms. The number of aryl methyl sites for hydroxylation is 2. The summed E-state index contributed by atoms with van der Waals surface area (Å²) in [5, 5.41) is 8.71. The summed E-state index contributed by atoms with van der Waals surface area (Å²) in [6, 6.07) is 16.2. The van der Waals surface area contributed by atoms with Gasteiger partial charge in [0.2, 0.25) is 0 Å². The van der Waals surface area contributed by atoms with Gasteiger partial charge in [0.1, 0.15) is 5.75 Å². The Labute approximate surface area is 183 Å². The largest absolute Gasteiger partial charge is 0.483 e. The van der Waals surface area contributed by atoms with Crippen LogP contribution in [0.5, 0.6) is 5.75 Å². The van der Waals surface area contributed by atoms with E-state index in [-0.39, 0.29) is 12.5 Å². The van der Waals surface area contributed by atoms with E-state index in [0.717, 1.165) is 33.8 Å². The van der Waals surface area contributed by atoms with Gasteiger partial charge in [-0.25, -0.2) is 5.43 Å². The average molecular weight is 419 g/mol. The van der Waals surface area contributed by atoms with Crippen molar-refractivity contribution in [2.24, 2.45) is 5.10 Å². The number of hydrogen-bond acceptors (Lipinski definition) is 4. The lowest BCUT2D eigenvalue weighted by Gasteiger charge is -2.14. The molecule has 1 aromatic heterocycles. The minimum absolute atomic E-state index is 0.0915. The number of rotatable bonds is 8. The van der Waals surface area contributed by atoms with Crippen molar-refractivity contribution in [3.8, 4) is 5.75 Å². The van der Waals surface area contributed by atoms with E-state index >= 15 is 0 Å². The predicted octanol–water partition coefficient (Wildman–Crippen LogP) is 4.51. The van der Waals surface area contributed by atoms with Crippen LogP contribution in [0.2, 0.25) is 0 Å². The molecule has 6 heteroatoms. The first-order chi connectivity index (χ1) is 14.8. The van der Waals surface area contributed by atoms with Crippen LogP contribution in [-0.4, -0.2) is 28.5 Å². The van der Waals surface area contributed by atoms with Crippen LogP contribution >= 0.6 is 0 Å². The van der Waals surface area contributed by atoms with Crippen molar-refractivity contribution in [1.29, 1.82) is 0 Å². The minimum Gasteiger partial charge on any atom is -0.483 e. The van der Waals surface area contributed by atoms with Crippen LogP contribution in [0, 0.1) is 20.8 Å². The fraction of sp³-hybridized carbons (Fsp3) is 0.320. The quantitative estimate of drug-likeness (QED) is 0.432. The first-order valence-corrected chi connectivity index (χ1v) is 10.5. The lowest BCUT2D eigenvalue weighted by molar-refractivity contribution is -0.123. The van der Waals surface area contributed by atoms with Crippen LogP contribution in [-0.2, 0) is 11.3 Å². The number of aromatic nitrogens is 2. The van der Waals surface area contributed by atoms with Gasteiger partial charge in [0.25, 0.3) is 5.91 Å². The SMILES string of the molecule is Cc1ccc(C(C)C)c(OCC(=O)N/N=C/c2c(C)nn(Cc3ccccc3)c2C)c1. The molecule has 3 aromatic rings. The lowest BCUT2D eigenvalue weighted by Crippen LogP contribution is -2.25. The summed E-state index contributed by atoms with van der Waals surface area (Å²) in [6.07, 6.45) is 1.64. The van der Waals surface area contributed by atoms with Gasteiger partial charge >= 0.3 is 0 Å². The summed E-state index contributed by atoms with van der Waals surface area (Å²) in [4.78, 5) is 12.2. The van der Waals surface area contributed by atoms with E-state index in [1.54, 1.807) is 6.21 Å². The number of amides is 1. The van der Waals surface area contributed by atoms with E-state index in [4.69, 9.17) is 4.74 Å². The van der Waals surface area contributed by atoms with Crippen LogP contribution in [0.3, 0.4) is 0 Å². The fourth-order valence-corrected chi connectivity index (χ4v) is 3.40. The Kier molecular flexibility index (Phi) is 7.23. The Morgan fingerprint density at radius 2 is 1.90 bits per heavy atom. The number of nitrogens with zero attached hydrogens (tertiary/aromatic N) is 3. The van der Waals surface area contributed by atoms with Crippen LogP contribution in [0.1, 0.15) is 53.4 Å². The van der Waals surface area contributed by atoms with Crippen LogP contribution < -0.4 is 10.2 Å². The molecule has 0 spiro atoms. The molecule has 0 aliphatic carbocycles. The summed E-state index contributed by atoms with van der Waals surface area (Å²) in [7, 11) is 0. The first-order valence-electron chi connectivity index (χ1n) is 10.5. The van der Waals surface area contributed by atoms with Gasteiger partial charge in [-0.3, -0.25) is 9.48 Å². The van der Waals surface area contributed by atoms with E-state index in [0.29, 0.717) is 12.5 Å². The molecule has 6 nitrogen and oxygen atoms in total. The number of ether oxygens (including phenoxy) is 1. The van der Waals surface area contributed by atoms with Gasteiger partial charge in [-0.05, 0) is 49.4 Å². The van der Waals surface area contributed by atoms with Crippen molar-refractivity contribution in [2.45, 2.75) is 47.1 Å². The third-order valence-corrected chi connectivity index (χ3v) is 5.15. The second-order valence-electron chi connectivity index (χ2n) is 8.01. The number of hydrogen-bond donors (Lipinski definition) is 1. The molecule has 0 saturated carbocycles. The maximum Gasteiger partial charge on any atom is 0.277 e. The number of carbonyl (C=O) groups is 1. The first kappa shape index (κ1) is 22.3. The van der Waals surface area contributed by atoms with Gasteiger partial charge in [-0.2, -0.15) is 10.2 Å². The summed E-state index contributed by atoms with van der Waals surface area (Å²) >= 11 is 0. The van der Waals surface area contributed by atoms with Crippen LogP contribution in [0.15, 0.2) is 53.6 Å². The normalized spacial score (nSPS) is 11.3. The van der Waals surface area contributed by atoms with Crippen molar-refractivity contribution in [3.63, 3.8) is 0 Å². The molecule has 1 N–H and O–H groups in total. The summed E-state index contributed by atoms with van der Waals surface area (Å²) in [5.74, 6) is 0.748. The number of nitrogens with one attached hydrogen (secondary N) is 1. The number of carbonyl (C=O) groups excluding carboxylic acids is 1. The molecular weight excluding hydrogens is 388 g/mol. The highest BCUT2D eigenvalue weighted by atomic mass is 16.5. The molecule has 0 unspecified atom stereocenters. The second-order valence-corrected chi connectivity index (χ2v) is 8.01.